The van der Waals surface area contributed by atoms with Crippen LogP contribution in [0.25, 0.3) is 10.8 Å². The number of alkyl halides is 3. The minimum absolute atomic E-state index is 0.0833. The highest BCUT2D eigenvalue weighted by atomic mass is 19.4. The molecule has 3 aromatic carbocycles. The van der Waals surface area contributed by atoms with Crippen LogP contribution >= 0.6 is 0 Å². The zero-order valence-electron chi connectivity index (χ0n) is 21.8. The van der Waals surface area contributed by atoms with Gasteiger partial charge >= 0.3 is 12.1 Å². The Morgan fingerprint density at radius 1 is 0.950 bits per heavy atom. The molecule has 5 atom stereocenters. The molecule has 6 nitrogen and oxygen atoms in total. The molecule has 40 heavy (non-hydrogen) atoms. The fraction of sp³-hybridized carbons (Fsp3) is 0.419. The van der Waals surface area contributed by atoms with Crippen LogP contribution in [0.15, 0.2) is 54.6 Å². The number of hydrogen-bond acceptors (Lipinski definition) is 4. The normalized spacial score (nSPS) is 27.4. The van der Waals surface area contributed by atoms with Gasteiger partial charge in [0.25, 0.3) is 5.91 Å². The lowest BCUT2D eigenvalue weighted by atomic mass is 9.66. The quantitative estimate of drug-likeness (QED) is 0.307. The van der Waals surface area contributed by atoms with Gasteiger partial charge in [-0.05, 0) is 110 Å². The van der Waals surface area contributed by atoms with E-state index in [2.05, 4.69) is 5.32 Å². The number of benzene rings is 3. The number of carboxylic acid groups (broad SMARTS) is 1. The Morgan fingerprint density at radius 2 is 1.62 bits per heavy atom. The molecule has 0 heterocycles. The molecule has 2 unspecified atom stereocenters. The zero-order chi connectivity index (χ0) is 28.2. The molecule has 0 aliphatic heterocycles. The molecule has 0 spiro atoms. The third-order valence-electron chi connectivity index (χ3n) is 9.16. The summed E-state index contributed by atoms with van der Waals surface area (Å²) in [5.41, 5.74) is 5.03. The van der Waals surface area contributed by atoms with E-state index in [0.717, 1.165) is 49.6 Å². The van der Waals surface area contributed by atoms with Crippen LogP contribution in [-0.2, 0) is 17.6 Å². The zero-order valence-corrected chi connectivity index (χ0v) is 21.8. The number of fused-ring (bicyclic) bond motifs is 2. The molecular formula is C31H31F3N2O4. The van der Waals surface area contributed by atoms with E-state index in [-0.39, 0.29) is 29.8 Å². The van der Waals surface area contributed by atoms with Gasteiger partial charge in [0.15, 0.2) is 0 Å². The number of nitrogen functional groups attached to an aromatic ring is 1. The summed E-state index contributed by atoms with van der Waals surface area (Å²) in [6.45, 7) is -0.0833. The van der Waals surface area contributed by atoms with E-state index in [4.69, 9.17) is 10.5 Å². The Bertz CT molecular complexity index is 1460. The predicted molar refractivity (Wildman–Crippen MR) is 144 cm³/mol. The maximum absolute atomic E-state index is 13.9. The fourth-order valence-electron chi connectivity index (χ4n) is 7.52. The first kappa shape index (κ1) is 26.5. The van der Waals surface area contributed by atoms with Crippen molar-refractivity contribution in [3.63, 3.8) is 0 Å². The lowest BCUT2D eigenvalue weighted by Gasteiger charge is -2.41. The van der Waals surface area contributed by atoms with E-state index in [9.17, 15) is 27.9 Å². The largest absolute Gasteiger partial charge is 0.487 e. The third-order valence-corrected chi connectivity index (χ3v) is 9.16. The van der Waals surface area contributed by atoms with E-state index in [0.29, 0.717) is 34.9 Å². The van der Waals surface area contributed by atoms with Crippen molar-refractivity contribution >= 4 is 28.3 Å². The van der Waals surface area contributed by atoms with Crippen molar-refractivity contribution in [3.8, 4) is 5.75 Å². The van der Waals surface area contributed by atoms with E-state index in [1.165, 1.54) is 12.1 Å². The number of anilines is 1. The lowest BCUT2D eigenvalue weighted by molar-refractivity contribution is -0.148. The van der Waals surface area contributed by atoms with Gasteiger partial charge in [0.2, 0.25) is 0 Å². The summed E-state index contributed by atoms with van der Waals surface area (Å²) in [6.07, 6.45) is 0.733. The Hall–Kier alpha value is -3.75. The number of nitrogens with two attached hydrogens (primary N) is 1. The second-order valence-corrected chi connectivity index (χ2v) is 11.8. The molecule has 0 radical (unpaired) electrons. The number of halogens is 3. The van der Waals surface area contributed by atoms with Crippen LogP contribution in [0.5, 0.6) is 5.75 Å². The molecule has 4 N–H and O–H groups in total. The highest BCUT2D eigenvalue weighted by Gasteiger charge is 2.56. The molecular weight excluding hydrogens is 521 g/mol. The number of nitrogens with one attached hydrogen (secondary N) is 1. The van der Waals surface area contributed by atoms with Gasteiger partial charge in [-0.25, -0.2) is 4.79 Å². The predicted octanol–water partition coefficient (Wildman–Crippen LogP) is 6.42. The first-order chi connectivity index (χ1) is 19.0. The monoisotopic (exact) mass is 552 g/mol. The van der Waals surface area contributed by atoms with Gasteiger partial charge in [0.05, 0.1) is 11.1 Å². The maximum atomic E-state index is 13.9. The molecule has 4 aliphatic carbocycles. The number of rotatable bonds is 6. The molecule has 0 aromatic heterocycles. The number of hydrogen-bond donors (Lipinski definition) is 3. The van der Waals surface area contributed by atoms with Gasteiger partial charge in [0.1, 0.15) is 17.9 Å². The number of carboxylic acids is 1. The van der Waals surface area contributed by atoms with Crippen LogP contribution in [0.2, 0.25) is 0 Å². The highest BCUT2D eigenvalue weighted by Crippen LogP contribution is 2.55. The number of aliphatic carboxylic acids is 1. The van der Waals surface area contributed by atoms with Crippen molar-refractivity contribution in [2.75, 3.05) is 5.73 Å². The van der Waals surface area contributed by atoms with Gasteiger partial charge < -0.3 is 20.9 Å². The molecule has 3 aromatic rings. The summed E-state index contributed by atoms with van der Waals surface area (Å²) in [4.78, 5) is 26.8. The lowest BCUT2D eigenvalue weighted by Crippen LogP contribution is -2.59. The van der Waals surface area contributed by atoms with Crippen LogP contribution in [0, 0.1) is 23.7 Å². The van der Waals surface area contributed by atoms with Crippen LogP contribution < -0.4 is 15.8 Å². The standard InChI is InChI=1S/C31H31F3N2O4/c32-31(33,34)22-4-1-17(2-5-22)16-40-27-25-8-6-24(35)14-21(25)3-7-26(27)28(37)36-30(29(38)39)15-20-10-18-9-19(11-20)13-23(30)12-18/h1-8,14,18-20,23H,9-13,15-16,35H2,(H,36,37)(H,38,39)/t18-,19+,20?,23?,30-/m0/s1. The van der Waals surface area contributed by atoms with Gasteiger partial charge in [-0.1, -0.05) is 18.2 Å². The minimum atomic E-state index is -4.45. The van der Waals surface area contributed by atoms with Crippen molar-refractivity contribution < 1.29 is 32.6 Å². The Morgan fingerprint density at radius 3 is 2.27 bits per heavy atom. The van der Waals surface area contributed by atoms with E-state index in [1.807, 2.05) is 0 Å². The average molecular weight is 553 g/mol. The number of carbonyl (C=O) groups is 2. The number of amides is 1. The van der Waals surface area contributed by atoms with Gasteiger partial charge in [-0.3, -0.25) is 4.79 Å². The van der Waals surface area contributed by atoms with E-state index in [1.54, 1.807) is 30.3 Å². The summed E-state index contributed by atoms with van der Waals surface area (Å²) >= 11 is 0. The Labute approximate surface area is 229 Å². The first-order valence-electron chi connectivity index (χ1n) is 13.7. The highest BCUT2D eigenvalue weighted by molar-refractivity contribution is 6.06. The molecule has 1 amide bonds. The van der Waals surface area contributed by atoms with Gasteiger partial charge in [-0.15, -0.1) is 0 Å². The fourth-order valence-corrected chi connectivity index (χ4v) is 7.52. The third kappa shape index (κ3) is 4.75. The van der Waals surface area contributed by atoms with Gasteiger partial charge in [0, 0.05) is 11.1 Å². The minimum Gasteiger partial charge on any atom is -0.487 e. The Balaban J connectivity index is 1.33. The van der Waals surface area contributed by atoms with Crippen molar-refractivity contribution in [2.24, 2.45) is 23.7 Å². The second-order valence-electron chi connectivity index (χ2n) is 11.8. The second kappa shape index (κ2) is 9.71. The molecule has 4 aliphatic rings. The SMILES string of the molecule is Nc1ccc2c(OCc3ccc(C(F)(F)F)cc3)c(C(=O)N[C@@]3(C(=O)O)CC4C[C@@H]5CC3C[C@H](C4)C5)ccc2c1. The first-order valence-corrected chi connectivity index (χ1v) is 13.7. The van der Waals surface area contributed by atoms with E-state index < -0.39 is 29.2 Å². The summed E-state index contributed by atoms with van der Waals surface area (Å²) in [5.74, 6) is -0.159. The maximum Gasteiger partial charge on any atom is 0.416 e. The molecule has 4 saturated carbocycles. The van der Waals surface area contributed by atoms with Crippen molar-refractivity contribution in [1.82, 2.24) is 5.32 Å². The molecule has 4 bridgehead atoms. The average Bonchev–Trinajstić information content (AvgIpc) is 3.07. The van der Waals surface area contributed by atoms with Crippen molar-refractivity contribution in [3.05, 3.63) is 71.3 Å². The van der Waals surface area contributed by atoms with Gasteiger partial charge in [-0.2, -0.15) is 13.2 Å². The van der Waals surface area contributed by atoms with Crippen LogP contribution in [-0.4, -0.2) is 22.5 Å². The summed E-state index contributed by atoms with van der Waals surface area (Å²) in [7, 11) is 0. The van der Waals surface area contributed by atoms with Crippen LogP contribution in [0.4, 0.5) is 18.9 Å². The van der Waals surface area contributed by atoms with Crippen LogP contribution in [0.1, 0.15) is 60.0 Å². The molecule has 210 valence electrons. The molecule has 7 rings (SSSR count). The topological polar surface area (TPSA) is 102 Å². The molecule has 4 fully saturated rings. The van der Waals surface area contributed by atoms with Crippen LogP contribution in [0.3, 0.4) is 0 Å². The summed E-state index contributed by atoms with van der Waals surface area (Å²) in [5, 5.41) is 14.8. The van der Waals surface area contributed by atoms with Crippen molar-refractivity contribution in [2.45, 2.75) is 56.8 Å². The summed E-state index contributed by atoms with van der Waals surface area (Å²) in [6, 6.07) is 13.1. The molecule has 0 saturated heterocycles. The number of carbonyl (C=O) groups excluding carboxylic acids is 1. The van der Waals surface area contributed by atoms with E-state index >= 15 is 0 Å². The summed E-state index contributed by atoms with van der Waals surface area (Å²) < 4.78 is 45.1. The smallest absolute Gasteiger partial charge is 0.416 e. The molecule has 9 heteroatoms. The number of ether oxygens (including phenoxy) is 1. The Kier molecular flexibility index (Phi) is 6.43. The van der Waals surface area contributed by atoms with Crippen molar-refractivity contribution in [1.29, 1.82) is 0 Å².